The van der Waals surface area contributed by atoms with E-state index in [0.717, 1.165) is 18.8 Å². The zero-order valence-corrected chi connectivity index (χ0v) is 18.1. The van der Waals surface area contributed by atoms with E-state index in [-0.39, 0.29) is 12.4 Å². The maximum Gasteiger partial charge on any atom is 0.168 e. The molecule has 0 aliphatic carbocycles. The number of hydrogen-bond donors (Lipinski definition) is 0. The first kappa shape index (κ1) is 22.4. The van der Waals surface area contributed by atoms with Gasteiger partial charge in [0, 0.05) is 29.9 Å². The van der Waals surface area contributed by atoms with Crippen molar-refractivity contribution in [3.05, 3.63) is 82.1 Å². The highest BCUT2D eigenvalue weighted by atomic mass is 35.5. The van der Waals surface area contributed by atoms with Crippen molar-refractivity contribution in [1.29, 1.82) is 0 Å². The molecule has 0 aliphatic heterocycles. The lowest BCUT2D eigenvalue weighted by atomic mass is 10.2. The highest BCUT2D eigenvalue weighted by Gasteiger charge is 2.08. The van der Waals surface area contributed by atoms with Crippen molar-refractivity contribution >= 4 is 51.9 Å². The number of rotatable bonds is 6. The summed E-state index contributed by atoms with van der Waals surface area (Å²) in [6, 6.07) is 17.1. The molecule has 0 bridgehead atoms. The second kappa shape index (κ2) is 10.6. The number of pyridine rings is 1. The Morgan fingerprint density at radius 1 is 0.893 bits per heavy atom. The van der Waals surface area contributed by atoms with Gasteiger partial charge in [0.1, 0.15) is 5.69 Å². The molecule has 2 aromatic carbocycles. The summed E-state index contributed by atoms with van der Waals surface area (Å²) in [6.45, 7) is 1.80. The third-order valence-corrected chi connectivity index (χ3v) is 4.80. The topological polar surface area (TPSA) is 31.8 Å². The number of nitrogens with zero attached hydrogens (tertiary/aromatic N) is 4. The molecule has 0 aliphatic rings. The van der Waals surface area contributed by atoms with Crippen molar-refractivity contribution in [3.63, 3.8) is 0 Å². The molecule has 1 aromatic heterocycles. The average molecular weight is 456 g/mol. The molecule has 28 heavy (non-hydrogen) atoms. The number of benzene rings is 2. The summed E-state index contributed by atoms with van der Waals surface area (Å²) in [5.74, 6) is 0. The minimum absolute atomic E-state index is 0. The second-order valence-corrected chi connectivity index (χ2v) is 7.22. The van der Waals surface area contributed by atoms with E-state index in [0.29, 0.717) is 26.4 Å². The van der Waals surface area contributed by atoms with Crippen LogP contribution in [0.1, 0.15) is 0 Å². The first-order valence-electron chi connectivity index (χ1n) is 8.34. The molecule has 0 amide bonds. The van der Waals surface area contributed by atoms with E-state index in [9.17, 15) is 0 Å². The van der Waals surface area contributed by atoms with Crippen LogP contribution < -0.4 is 21.9 Å². The van der Waals surface area contributed by atoms with Crippen LogP contribution in [-0.2, 0) is 6.54 Å². The number of aromatic nitrogens is 1. The van der Waals surface area contributed by atoms with E-state index in [1.807, 2.05) is 42.5 Å². The Morgan fingerprint density at radius 2 is 1.50 bits per heavy atom. The molecular weight excluding hydrogens is 438 g/mol. The van der Waals surface area contributed by atoms with E-state index < -0.39 is 0 Å². The van der Waals surface area contributed by atoms with Crippen molar-refractivity contribution in [2.75, 3.05) is 18.5 Å². The smallest absolute Gasteiger partial charge is 0.168 e. The lowest BCUT2D eigenvalue weighted by Crippen LogP contribution is -3.00. The van der Waals surface area contributed by atoms with Crippen molar-refractivity contribution in [3.8, 4) is 0 Å². The molecule has 0 saturated heterocycles. The lowest BCUT2D eigenvalue weighted by molar-refractivity contribution is -0.694. The van der Waals surface area contributed by atoms with Crippen molar-refractivity contribution < 1.29 is 17.0 Å². The molecule has 0 N–H and O–H groups in total. The van der Waals surface area contributed by atoms with Gasteiger partial charge in [0.15, 0.2) is 18.9 Å². The van der Waals surface area contributed by atoms with Crippen LogP contribution in [0.3, 0.4) is 0 Å². The standard InChI is InChI=1S/C20H18Cl3N4.ClH/c1-26(11-12-27-9-3-2-4-10-27)17-7-5-16(6-8-17)24-25-20-18(22)13-15(21)14-19(20)23;/h2-10,13-14H,11-12H2,1H3;1H/q+1;/p-1. The van der Waals surface area contributed by atoms with Crippen molar-refractivity contribution in [1.82, 2.24) is 0 Å². The molecule has 0 fully saturated rings. The van der Waals surface area contributed by atoms with Crippen LogP contribution in [0.4, 0.5) is 17.1 Å². The van der Waals surface area contributed by atoms with E-state index in [2.05, 4.69) is 39.1 Å². The molecule has 0 unspecified atom stereocenters. The summed E-state index contributed by atoms with van der Waals surface area (Å²) in [6.07, 6.45) is 4.12. The van der Waals surface area contributed by atoms with Gasteiger partial charge in [-0.1, -0.05) is 40.9 Å². The fourth-order valence-electron chi connectivity index (χ4n) is 2.49. The largest absolute Gasteiger partial charge is 1.00 e. The fraction of sp³-hybridized carbons (Fsp3) is 0.150. The van der Waals surface area contributed by atoms with Crippen LogP contribution in [-0.4, -0.2) is 13.6 Å². The summed E-state index contributed by atoms with van der Waals surface area (Å²) < 4.78 is 2.15. The van der Waals surface area contributed by atoms with Crippen molar-refractivity contribution in [2.45, 2.75) is 6.54 Å². The van der Waals surface area contributed by atoms with Gasteiger partial charge in [0.05, 0.1) is 22.3 Å². The quantitative estimate of drug-likeness (QED) is 0.413. The van der Waals surface area contributed by atoms with E-state index in [1.165, 1.54) is 0 Å². The van der Waals surface area contributed by atoms with Gasteiger partial charge in [0.2, 0.25) is 0 Å². The van der Waals surface area contributed by atoms with Crippen LogP contribution in [0.15, 0.2) is 77.2 Å². The zero-order valence-electron chi connectivity index (χ0n) is 15.1. The molecule has 8 heteroatoms. The molecule has 1 heterocycles. The summed E-state index contributed by atoms with van der Waals surface area (Å²) in [5, 5.41) is 9.56. The average Bonchev–Trinajstić information content (AvgIpc) is 2.66. The summed E-state index contributed by atoms with van der Waals surface area (Å²) in [5.41, 5.74) is 2.23. The Balaban J connectivity index is 0.00000280. The number of anilines is 1. The van der Waals surface area contributed by atoms with E-state index in [4.69, 9.17) is 34.8 Å². The first-order chi connectivity index (χ1) is 13.0. The Labute approximate surface area is 185 Å². The third kappa shape index (κ3) is 6.08. The van der Waals surface area contributed by atoms with Crippen LogP contribution in [0.5, 0.6) is 0 Å². The van der Waals surface area contributed by atoms with Crippen molar-refractivity contribution in [2.24, 2.45) is 10.2 Å². The predicted octanol–water partition coefficient (Wildman–Crippen LogP) is 3.49. The zero-order chi connectivity index (χ0) is 19.2. The monoisotopic (exact) mass is 454 g/mol. The van der Waals surface area contributed by atoms with Gasteiger partial charge in [-0.15, -0.1) is 5.11 Å². The molecule has 4 nitrogen and oxygen atoms in total. The maximum atomic E-state index is 6.12. The summed E-state index contributed by atoms with van der Waals surface area (Å²) in [4.78, 5) is 2.19. The normalized spacial score (nSPS) is 10.7. The number of likely N-dealkylation sites (N-methyl/N-ethyl adjacent to an activating group) is 1. The molecule has 146 valence electrons. The van der Waals surface area contributed by atoms with Gasteiger partial charge in [-0.2, -0.15) is 5.11 Å². The SMILES string of the molecule is CN(CC[n+]1ccccc1)c1ccc(N=Nc2c(Cl)cc(Cl)cc2Cl)cc1.[Cl-]. The van der Waals surface area contributed by atoms with E-state index >= 15 is 0 Å². The molecule has 0 spiro atoms. The number of halogens is 4. The molecule has 0 atom stereocenters. The Bertz CT molecular complexity index is 908. The van der Waals surface area contributed by atoms with Gasteiger partial charge in [-0.3, -0.25) is 0 Å². The van der Waals surface area contributed by atoms with Gasteiger partial charge in [0.25, 0.3) is 0 Å². The minimum atomic E-state index is 0. The van der Waals surface area contributed by atoms with E-state index in [1.54, 1.807) is 12.1 Å². The Kier molecular flexibility index (Phi) is 8.52. The Hall–Kier alpha value is -1.85. The van der Waals surface area contributed by atoms with Gasteiger partial charge >= 0.3 is 0 Å². The maximum absolute atomic E-state index is 6.12. The molecule has 3 aromatic rings. The van der Waals surface area contributed by atoms with Crippen LogP contribution >= 0.6 is 34.8 Å². The highest BCUT2D eigenvalue weighted by Crippen LogP contribution is 2.37. The highest BCUT2D eigenvalue weighted by molar-refractivity contribution is 6.41. The lowest BCUT2D eigenvalue weighted by Gasteiger charge is -2.17. The van der Waals surface area contributed by atoms with Crippen LogP contribution in [0.25, 0.3) is 0 Å². The summed E-state index contributed by atoms with van der Waals surface area (Å²) >= 11 is 18.1. The Morgan fingerprint density at radius 3 is 2.11 bits per heavy atom. The van der Waals surface area contributed by atoms with Crippen LogP contribution in [0.2, 0.25) is 15.1 Å². The molecule has 3 rings (SSSR count). The van der Waals surface area contributed by atoms with Gasteiger partial charge in [-0.25, -0.2) is 4.57 Å². The number of azo groups is 1. The number of hydrogen-bond acceptors (Lipinski definition) is 3. The second-order valence-electron chi connectivity index (χ2n) is 5.97. The predicted molar refractivity (Wildman–Crippen MR) is 112 cm³/mol. The van der Waals surface area contributed by atoms with Gasteiger partial charge < -0.3 is 17.3 Å². The molecular formula is C20H18Cl4N4. The summed E-state index contributed by atoms with van der Waals surface area (Å²) in [7, 11) is 2.06. The third-order valence-electron chi connectivity index (χ3n) is 4.01. The molecule has 0 saturated carbocycles. The first-order valence-corrected chi connectivity index (χ1v) is 9.48. The van der Waals surface area contributed by atoms with Gasteiger partial charge in [-0.05, 0) is 36.4 Å². The van der Waals surface area contributed by atoms with Crippen LogP contribution in [0, 0.1) is 0 Å². The molecule has 0 radical (unpaired) electrons. The fourth-order valence-corrected chi connectivity index (χ4v) is 3.38. The minimum Gasteiger partial charge on any atom is -1.00 e.